The van der Waals surface area contributed by atoms with E-state index in [0.29, 0.717) is 18.7 Å². The van der Waals surface area contributed by atoms with Crippen molar-refractivity contribution in [2.75, 3.05) is 33.2 Å². The highest BCUT2D eigenvalue weighted by Gasteiger charge is 2.24. The van der Waals surface area contributed by atoms with E-state index in [-0.39, 0.29) is 15.8 Å². The summed E-state index contributed by atoms with van der Waals surface area (Å²) in [6.45, 7) is 5.71. The molecule has 2 aromatic rings. The summed E-state index contributed by atoms with van der Waals surface area (Å²) in [6.07, 6.45) is 0. The minimum atomic E-state index is -3.72. The van der Waals surface area contributed by atoms with Crippen molar-refractivity contribution in [2.24, 2.45) is 0 Å². The Labute approximate surface area is 171 Å². The van der Waals surface area contributed by atoms with Crippen molar-refractivity contribution >= 4 is 27.5 Å². The number of benzene rings is 2. The summed E-state index contributed by atoms with van der Waals surface area (Å²) in [5.74, 6) is -0.181. The van der Waals surface area contributed by atoms with Gasteiger partial charge in [-0.3, -0.25) is 9.69 Å². The summed E-state index contributed by atoms with van der Waals surface area (Å²) in [4.78, 5) is 16.8. The van der Waals surface area contributed by atoms with Crippen LogP contribution in [0.15, 0.2) is 47.4 Å². The van der Waals surface area contributed by atoms with Gasteiger partial charge in [0.2, 0.25) is 10.0 Å². The SMILES string of the molecule is CNS(=O)(=O)c1cc(C(=O)N2CCN(Cc3ccccc3C)CC2)ccc1Cl. The van der Waals surface area contributed by atoms with E-state index in [4.69, 9.17) is 11.6 Å². The summed E-state index contributed by atoms with van der Waals surface area (Å²) in [7, 11) is -2.41. The number of amides is 1. The van der Waals surface area contributed by atoms with Crippen LogP contribution in [-0.2, 0) is 16.6 Å². The quantitative estimate of drug-likeness (QED) is 0.805. The minimum absolute atomic E-state index is 0.0827. The summed E-state index contributed by atoms with van der Waals surface area (Å²) in [6, 6.07) is 12.7. The molecule has 3 rings (SSSR count). The molecule has 6 nitrogen and oxygen atoms in total. The predicted octanol–water partition coefficient (Wildman–Crippen LogP) is 2.51. The Hall–Kier alpha value is -1.93. The van der Waals surface area contributed by atoms with Crippen LogP contribution in [0, 0.1) is 6.92 Å². The van der Waals surface area contributed by atoms with Gasteiger partial charge in [0.05, 0.1) is 5.02 Å². The van der Waals surface area contributed by atoms with Gasteiger partial charge in [-0.1, -0.05) is 35.9 Å². The van der Waals surface area contributed by atoms with Crippen LogP contribution < -0.4 is 4.72 Å². The molecular formula is C20H24ClN3O3S. The highest BCUT2D eigenvalue weighted by atomic mass is 35.5. The van der Waals surface area contributed by atoms with E-state index >= 15 is 0 Å². The number of sulfonamides is 1. The van der Waals surface area contributed by atoms with Gasteiger partial charge in [-0.2, -0.15) is 0 Å². The van der Waals surface area contributed by atoms with Crippen LogP contribution in [0.3, 0.4) is 0 Å². The van der Waals surface area contributed by atoms with Crippen molar-refractivity contribution in [1.82, 2.24) is 14.5 Å². The summed E-state index contributed by atoms with van der Waals surface area (Å²) >= 11 is 6.01. The smallest absolute Gasteiger partial charge is 0.253 e. The van der Waals surface area contributed by atoms with Gasteiger partial charge in [0, 0.05) is 38.3 Å². The minimum Gasteiger partial charge on any atom is -0.336 e. The molecule has 0 atom stereocenters. The van der Waals surface area contributed by atoms with Crippen molar-refractivity contribution in [3.8, 4) is 0 Å². The van der Waals surface area contributed by atoms with Gasteiger partial charge >= 0.3 is 0 Å². The molecule has 1 fully saturated rings. The fourth-order valence-corrected chi connectivity index (χ4v) is 4.52. The molecule has 8 heteroatoms. The zero-order chi connectivity index (χ0) is 20.3. The van der Waals surface area contributed by atoms with Crippen molar-refractivity contribution < 1.29 is 13.2 Å². The molecule has 1 aliphatic rings. The maximum absolute atomic E-state index is 12.8. The van der Waals surface area contributed by atoms with Crippen LogP contribution in [-0.4, -0.2) is 57.4 Å². The number of carbonyl (C=O) groups excluding carboxylic acids is 1. The Kier molecular flexibility index (Phi) is 6.40. The van der Waals surface area contributed by atoms with E-state index in [1.54, 1.807) is 11.0 Å². The van der Waals surface area contributed by atoms with Crippen molar-refractivity contribution in [1.29, 1.82) is 0 Å². The van der Waals surface area contributed by atoms with E-state index in [2.05, 4.69) is 28.7 Å². The second-order valence-electron chi connectivity index (χ2n) is 6.85. The molecule has 0 spiro atoms. The molecule has 0 aromatic heterocycles. The van der Waals surface area contributed by atoms with Gasteiger partial charge < -0.3 is 4.90 Å². The number of halogens is 1. The van der Waals surface area contributed by atoms with Gasteiger partial charge in [-0.15, -0.1) is 0 Å². The molecule has 0 radical (unpaired) electrons. The molecule has 1 N–H and O–H groups in total. The van der Waals surface area contributed by atoms with Gasteiger partial charge in [-0.05, 0) is 43.3 Å². The first-order valence-electron chi connectivity index (χ1n) is 9.11. The van der Waals surface area contributed by atoms with E-state index < -0.39 is 10.0 Å². The number of nitrogens with zero attached hydrogens (tertiary/aromatic N) is 2. The molecule has 1 aliphatic heterocycles. The number of piperazine rings is 1. The summed E-state index contributed by atoms with van der Waals surface area (Å²) < 4.78 is 26.4. The highest BCUT2D eigenvalue weighted by molar-refractivity contribution is 7.89. The summed E-state index contributed by atoms with van der Waals surface area (Å²) in [5, 5.41) is 0.0916. The molecule has 2 aromatic carbocycles. The lowest BCUT2D eigenvalue weighted by molar-refractivity contribution is 0.0628. The van der Waals surface area contributed by atoms with Crippen LogP contribution in [0.25, 0.3) is 0 Å². The van der Waals surface area contributed by atoms with Crippen LogP contribution >= 0.6 is 11.6 Å². The predicted molar refractivity (Wildman–Crippen MR) is 110 cm³/mol. The largest absolute Gasteiger partial charge is 0.336 e. The topological polar surface area (TPSA) is 69.7 Å². The van der Waals surface area contributed by atoms with E-state index in [0.717, 1.165) is 19.6 Å². The number of hydrogen-bond acceptors (Lipinski definition) is 4. The molecule has 1 amide bonds. The van der Waals surface area contributed by atoms with Gasteiger partial charge in [0.15, 0.2) is 0 Å². The second-order valence-corrected chi connectivity index (χ2v) is 9.11. The normalized spacial score (nSPS) is 15.6. The van der Waals surface area contributed by atoms with Crippen molar-refractivity contribution in [3.63, 3.8) is 0 Å². The fraction of sp³-hybridized carbons (Fsp3) is 0.350. The van der Waals surface area contributed by atoms with E-state index in [9.17, 15) is 13.2 Å². The number of hydrogen-bond donors (Lipinski definition) is 1. The third kappa shape index (κ3) is 4.55. The molecule has 1 heterocycles. The Balaban J connectivity index is 1.67. The van der Waals surface area contributed by atoms with Crippen molar-refractivity contribution in [2.45, 2.75) is 18.4 Å². The zero-order valence-electron chi connectivity index (χ0n) is 16.0. The Morgan fingerprint density at radius 3 is 2.43 bits per heavy atom. The van der Waals surface area contributed by atoms with Gasteiger partial charge in [0.1, 0.15) is 4.90 Å². The molecular weight excluding hydrogens is 398 g/mol. The second kappa shape index (κ2) is 8.61. The third-order valence-electron chi connectivity index (χ3n) is 5.05. The monoisotopic (exact) mass is 421 g/mol. The standard InChI is InChI=1S/C20H24ClN3O3S/c1-15-5-3-4-6-17(15)14-23-9-11-24(12-10-23)20(25)16-7-8-18(21)19(13-16)28(26,27)22-2/h3-8,13,22H,9-12,14H2,1-2H3. The number of carbonyl (C=O) groups is 1. The number of aryl methyl sites for hydroxylation is 1. The van der Waals surface area contributed by atoms with Gasteiger partial charge in [0.25, 0.3) is 5.91 Å². The van der Waals surface area contributed by atoms with E-state index in [1.165, 1.54) is 30.3 Å². The molecule has 1 saturated heterocycles. The van der Waals surface area contributed by atoms with E-state index in [1.807, 2.05) is 12.1 Å². The van der Waals surface area contributed by atoms with Crippen LogP contribution in [0.2, 0.25) is 5.02 Å². The molecule has 0 saturated carbocycles. The van der Waals surface area contributed by atoms with Crippen molar-refractivity contribution in [3.05, 3.63) is 64.2 Å². The van der Waals surface area contributed by atoms with Crippen LogP contribution in [0.1, 0.15) is 21.5 Å². The maximum atomic E-state index is 12.8. The lowest BCUT2D eigenvalue weighted by Crippen LogP contribution is -2.48. The average Bonchev–Trinajstić information content (AvgIpc) is 2.70. The first-order chi connectivity index (χ1) is 13.3. The molecule has 0 bridgehead atoms. The first-order valence-corrected chi connectivity index (χ1v) is 11.0. The lowest BCUT2D eigenvalue weighted by Gasteiger charge is -2.35. The lowest BCUT2D eigenvalue weighted by atomic mass is 10.1. The number of nitrogens with one attached hydrogen (secondary N) is 1. The Morgan fingerprint density at radius 1 is 1.11 bits per heavy atom. The number of rotatable bonds is 5. The highest BCUT2D eigenvalue weighted by Crippen LogP contribution is 2.23. The van der Waals surface area contributed by atoms with Gasteiger partial charge in [-0.25, -0.2) is 13.1 Å². The molecule has 150 valence electrons. The Bertz CT molecular complexity index is 970. The maximum Gasteiger partial charge on any atom is 0.253 e. The van der Waals surface area contributed by atoms with Crippen LogP contribution in [0.5, 0.6) is 0 Å². The Morgan fingerprint density at radius 2 is 1.79 bits per heavy atom. The molecule has 0 aliphatic carbocycles. The fourth-order valence-electron chi connectivity index (χ4n) is 3.27. The molecule has 0 unspecified atom stereocenters. The summed E-state index contributed by atoms with van der Waals surface area (Å²) in [5.41, 5.74) is 2.88. The third-order valence-corrected chi connectivity index (χ3v) is 6.95. The van der Waals surface area contributed by atoms with Crippen LogP contribution in [0.4, 0.5) is 0 Å². The first kappa shape index (κ1) is 20.8. The zero-order valence-corrected chi connectivity index (χ0v) is 17.6. The molecule has 28 heavy (non-hydrogen) atoms. The average molecular weight is 422 g/mol.